The number of hydrogen-bond donors (Lipinski definition) is 2. The van der Waals surface area contributed by atoms with Gasteiger partial charge >= 0.3 is 0 Å². The fourth-order valence-electron chi connectivity index (χ4n) is 5.23. The second-order valence-electron chi connectivity index (χ2n) is 10.2. The van der Waals surface area contributed by atoms with E-state index < -0.39 is 10.0 Å². The monoisotopic (exact) mass is 555 g/mol. The third kappa shape index (κ3) is 5.71. The van der Waals surface area contributed by atoms with E-state index >= 15 is 0 Å². The smallest absolute Gasteiger partial charge is 0.238 e. The lowest BCUT2D eigenvalue weighted by molar-refractivity contribution is 0.0564. The number of aromatic nitrogens is 4. The summed E-state index contributed by atoms with van der Waals surface area (Å²) in [6.07, 6.45) is 4.59. The summed E-state index contributed by atoms with van der Waals surface area (Å²) in [5.74, 6) is 2.41. The molecule has 4 heterocycles. The Bertz CT molecular complexity index is 1550. The first-order valence-corrected chi connectivity index (χ1v) is 15.6. The van der Waals surface area contributed by atoms with E-state index in [1.807, 2.05) is 12.3 Å². The number of benzene rings is 1. The molecule has 4 aromatic rings. The fourth-order valence-corrected chi connectivity index (χ4v) is 6.79. The second kappa shape index (κ2) is 10.6. The number of hydrogen-bond acceptors (Lipinski definition) is 8. The molecule has 10 nitrogen and oxygen atoms in total. The Morgan fingerprint density at radius 3 is 2.74 bits per heavy atom. The first-order chi connectivity index (χ1) is 18.1. The minimum absolute atomic E-state index is 0.208. The predicted molar refractivity (Wildman–Crippen MR) is 154 cm³/mol. The van der Waals surface area contributed by atoms with Gasteiger partial charge < -0.3 is 4.74 Å². The van der Waals surface area contributed by atoms with E-state index in [0.29, 0.717) is 20.3 Å². The van der Waals surface area contributed by atoms with Crippen molar-refractivity contribution in [3.05, 3.63) is 41.8 Å². The Labute approximate surface area is 225 Å². The van der Waals surface area contributed by atoms with Crippen molar-refractivity contribution in [1.29, 1.82) is 0 Å². The Morgan fingerprint density at radius 1 is 1.21 bits per heavy atom. The minimum atomic E-state index is -3.50. The summed E-state index contributed by atoms with van der Waals surface area (Å²) in [5.41, 5.74) is 5.89. The van der Waals surface area contributed by atoms with Crippen LogP contribution >= 0.6 is 8.19 Å². The quantitative estimate of drug-likeness (QED) is 0.335. The maximum absolute atomic E-state index is 11.9. The Morgan fingerprint density at radius 2 is 2.03 bits per heavy atom. The average molecular weight is 556 g/mol. The molecule has 0 amide bonds. The number of aromatic amines is 1. The minimum Gasteiger partial charge on any atom is -0.480 e. The number of rotatable bonds is 8. The van der Waals surface area contributed by atoms with Crippen molar-refractivity contribution in [1.82, 2.24) is 30.0 Å². The molecule has 0 bridgehead atoms. The normalized spacial score (nSPS) is 17.6. The molecular formula is C26H34N7O3PS. The molecule has 2 unspecified atom stereocenters. The highest BCUT2D eigenvalue weighted by Gasteiger charge is 2.26. The van der Waals surface area contributed by atoms with Gasteiger partial charge in [-0.1, -0.05) is 0 Å². The number of piperazine rings is 1. The zero-order valence-electron chi connectivity index (χ0n) is 22.3. The lowest BCUT2D eigenvalue weighted by Crippen LogP contribution is -2.53. The van der Waals surface area contributed by atoms with E-state index in [4.69, 9.17) is 9.72 Å². The van der Waals surface area contributed by atoms with Gasteiger partial charge in [0.1, 0.15) is 5.69 Å². The van der Waals surface area contributed by atoms with Gasteiger partial charge in [0.2, 0.25) is 15.9 Å². The summed E-state index contributed by atoms with van der Waals surface area (Å²) in [4.78, 5) is 14.5. The maximum atomic E-state index is 11.9. The molecule has 1 aliphatic heterocycles. The highest BCUT2D eigenvalue weighted by atomic mass is 32.2. The van der Waals surface area contributed by atoms with Crippen LogP contribution in [0, 0.1) is 0 Å². The zero-order valence-corrected chi connectivity index (χ0v) is 24.1. The van der Waals surface area contributed by atoms with Crippen molar-refractivity contribution < 1.29 is 13.2 Å². The van der Waals surface area contributed by atoms with E-state index in [2.05, 4.69) is 62.3 Å². The number of sulfonamides is 1. The molecule has 2 atom stereocenters. The van der Waals surface area contributed by atoms with Crippen LogP contribution in [0.1, 0.15) is 26.2 Å². The Balaban J connectivity index is 1.45. The van der Waals surface area contributed by atoms with Crippen molar-refractivity contribution >= 4 is 34.8 Å². The Kier molecular flexibility index (Phi) is 7.46. The first-order valence-electron chi connectivity index (χ1n) is 12.6. The molecule has 0 aliphatic carbocycles. The van der Waals surface area contributed by atoms with Gasteiger partial charge in [0.15, 0.2) is 0 Å². The van der Waals surface area contributed by atoms with E-state index in [-0.39, 0.29) is 11.6 Å². The lowest BCUT2D eigenvalue weighted by Gasteiger charge is -2.41. The highest BCUT2D eigenvalue weighted by Crippen LogP contribution is 2.36. The number of nitrogens with zero attached hydrogens (tertiary/aromatic N) is 5. The fraction of sp³-hybridized carbons (Fsp3) is 0.423. The first kappa shape index (κ1) is 26.6. The number of ether oxygens (including phenoxy) is 1. The molecule has 0 spiro atoms. The van der Waals surface area contributed by atoms with Gasteiger partial charge in [0, 0.05) is 61.0 Å². The summed E-state index contributed by atoms with van der Waals surface area (Å²) in [6.45, 7) is 10.9. The number of H-pyrrole nitrogens is 1. The molecule has 38 heavy (non-hydrogen) atoms. The number of anilines is 1. The SMILES string of the molecule is COc1ncc(-c2cc(-c3c[pH]c(CN4CCN(C(C)C)C(C)C4)n3)c3cn[nH]c3c2)cc1NS(C)(=O)=O. The molecule has 5 rings (SSSR count). The van der Waals surface area contributed by atoms with Crippen LogP contribution in [-0.2, 0) is 16.6 Å². The topological polar surface area (TPSA) is 116 Å². The molecule has 0 saturated carbocycles. The third-order valence-corrected chi connectivity index (χ3v) is 8.55. The summed E-state index contributed by atoms with van der Waals surface area (Å²) in [7, 11) is -1.51. The van der Waals surface area contributed by atoms with Crippen LogP contribution in [0.4, 0.5) is 5.69 Å². The van der Waals surface area contributed by atoms with E-state index in [9.17, 15) is 8.42 Å². The van der Waals surface area contributed by atoms with Crippen LogP contribution in [0.15, 0.2) is 36.4 Å². The van der Waals surface area contributed by atoms with Gasteiger partial charge in [-0.25, -0.2) is 18.4 Å². The third-order valence-electron chi connectivity index (χ3n) is 6.94. The van der Waals surface area contributed by atoms with Crippen LogP contribution in [0.3, 0.4) is 0 Å². The van der Waals surface area contributed by atoms with Crippen molar-refractivity contribution in [3.8, 4) is 28.3 Å². The largest absolute Gasteiger partial charge is 0.480 e. The molecule has 0 radical (unpaired) electrons. The summed E-state index contributed by atoms with van der Waals surface area (Å²) < 4.78 is 31.5. The molecule has 1 fully saturated rings. The molecule has 202 valence electrons. The van der Waals surface area contributed by atoms with Gasteiger partial charge in [0.05, 0.1) is 36.2 Å². The zero-order chi connectivity index (χ0) is 27.0. The summed E-state index contributed by atoms with van der Waals surface area (Å²) in [6, 6.07) is 6.87. The van der Waals surface area contributed by atoms with Gasteiger partial charge in [-0.2, -0.15) is 5.10 Å². The molecule has 2 N–H and O–H groups in total. The van der Waals surface area contributed by atoms with E-state index in [0.717, 1.165) is 65.7 Å². The van der Waals surface area contributed by atoms with Crippen LogP contribution < -0.4 is 9.46 Å². The van der Waals surface area contributed by atoms with Crippen molar-refractivity contribution in [2.24, 2.45) is 0 Å². The van der Waals surface area contributed by atoms with Gasteiger partial charge in [0.25, 0.3) is 0 Å². The lowest BCUT2D eigenvalue weighted by atomic mass is 10.00. The van der Waals surface area contributed by atoms with Crippen LogP contribution in [0.2, 0.25) is 0 Å². The Hall–Kier alpha value is -2.98. The van der Waals surface area contributed by atoms with Crippen LogP contribution in [-0.4, -0.2) is 83.5 Å². The van der Waals surface area contributed by atoms with E-state index in [1.54, 1.807) is 12.3 Å². The summed E-state index contributed by atoms with van der Waals surface area (Å²) in [5, 5.41) is 8.33. The average Bonchev–Trinajstić information content (AvgIpc) is 3.52. The van der Waals surface area contributed by atoms with E-state index in [1.165, 1.54) is 12.5 Å². The number of pyridine rings is 1. The van der Waals surface area contributed by atoms with Crippen molar-refractivity contribution in [2.45, 2.75) is 39.4 Å². The predicted octanol–water partition coefficient (Wildman–Crippen LogP) is 4.01. The van der Waals surface area contributed by atoms with Gasteiger partial charge in [-0.05, 0) is 50.3 Å². The van der Waals surface area contributed by atoms with Crippen molar-refractivity contribution in [2.75, 3.05) is 37.7 Å². The number of nitrogens with one attached hydrogen (secondary N) is 2. The standard InChI is InChI=1S/C26H34N7O3PS/c1-16(2)33-7-6-32(13-17(33)3)14-25-29-24(15-37-25)20-8-18(9-22-21(20)12-28-30-22)19-10-23(31-38(5,34)35)26(36-4)27-11-19/h8-12,15-17,31,37H,6-7,13-14H2,1-5H3,(H,28,30). The van der Waals surface area contributed by atoms with Crippen molar-refractivity contribution in [3.63, 3.8) is 0 Å². The molecule has 1 saturated heterocycles. The summed E-state index contributed by atoms with van der Waals surface area (Å²) >= 11 is 0. The number of fused-ring (bicyclic) bond motifs is 1. The highest BCUT2D eigenvalue weighted by molar-refractivity contribution is 7.92. The second-order valence-corrected chi connectivity index (χ2v) is 13.1. The maximum Gasteiger partial charge on any atom is 0.238 e. The molecular weight excluding hydrogens is 521 g/mol. The molecule has 1 aromatic carbocycles. The van der Waals surface area contributed by atoms with Gasteiger partial charge in [-0.3, -0.25) is 19.6 Å². The molecule has 12 heteroatoms. The molecule has 3 aromatic heterocycles. The van der Waals surface area contributed by atoms with Gasteiger partial charge in [-0.15, -0.1) is 8.19 Å². The van der Waals surface area contributed by atoms with Crippen LogP contribution in [0.25, 0.3) is 33.3 Å². The molecule has 1 aliphatic rings. The number of methoxy groups -OCH3 is 1. The van der Waals surface area contributed by atoms with Crippen LogP contribution in [0.5, 0.6) is 5.88 Å².